The van der Waals surface area contributed by atoms with E-state index in [4.69, 9.17) is 4.42 Å². The van der Waals surface area contributed by atoms with Crippen LogP contribution in [-0.4, -0.2) is 11.8 Å². The monoisotopic (exact) mass is 408 g/mol. The van der Waals surface area contributed by atoms with Crippen LogP contribution in [0.2, 0.25) is 0 Å². The average Bonchev–Trinajstić information content (AvgIpc) is 3.34. The normalized spacial score (nSPS) is 11.2. The van der Waals surface area contributed by atoms with Crippen LogP contribution in [0.25, 0.3) is 0 Å². The highest BCUT2D eigenvalue weighted by molar-refractivity contribution is 7.07. The molecule has 0 saturated heterocycles. The van der Waals surface area contributed by atoms with Gasteiger partial charge in [0.05, 0.1) is 17.5 Å². The van der Waals surface area contributed by atoms with Gasteiger partial charge in [0.25, 0.3) is 5.91 Å². The maximum absolute atomic E-state index is 13.4. The molecule has 28 heavy (non-hydrogen) atoms. The van der Waals surface area contributed by atoms with E-state index >= 15 is 0 Å². The second-order valence-corrected chi connectivity index (χ2v) is 6.65. The first-order valence-electron chi connectivity index (χ1n) is 8.20. The summed E-state index contributed by atoms with van der Waals surface area (Å²) in [7, 11) is 0. The number of rotatable bonds is 6. The SMILES string of the molecule is O=C(CCc1ccsc1)Nc1ccc(NC(=O)c2ccco2)cc1C(F)(F)F. The van der Waals surface area contributed by atoms with Crippen molar-refractivity contribution in [2.75, 3.05) is 10.6 Å². The van der Waals surface area contributed by atoms with Gasteiger partial charge in [0.2, 0.25) is 5.91 Å². The molecular formula is C19H15F3N2O3S. The Morgan fingerprint density at radius 3 is 2.57 bits per heavy atom. The van der Waals surface area contributed by atoms with Crippen molar-refractivity contribution in [1.82, 2.24) is 0 Å². The minimum absolute atomic E-state index is 0.0284. The van der Waals surface area contributed by atoms with Crippen LogP contribution in [0.4, 0.5) is 24.5 Å². The summed E-state index contributed by atoms with van der Waals surface area (Å²) in [5.74, 6) is -1.23. The first-order valence-corrected chi connectivity index (χ1v) is 9.14. The van der Waals surface area contributed by atoms with E-state index < -0.39 is 23.6 Å². The lowest BCUT2D eigenvalue weighted by molar-refractivity contribution is -0.136. The number of halogens is 3. The number of hydrogen-bond donors (Lipinski definition) is 2. The zero-order chi connectivity index (χ0) is 20.1. The molecule has 0 aliphatic carbocycles. The Morgan fingerprint density at radius 1 is 1.11 bits per heavy atom. The average molecular weight is 408 g/mol. The van der Waals surface area contributed by atoms with Crippen LogP contribution in [0, 0.1) is 0 Å². The van der Waals surface area contributed by atoms with Crippen molar-refractivity contribution in [2.24, 2.45) is 0 Å². The molecule has 146 valence electrons. The van der Waals surface area contributed by atoms with Gasteiger partial charge in [-0.05, 0) is 59.1 Å². The van der Waals surface area contributed by atoms with Gasteiger partial charge < -0.3 is 15.1 Å². The molecule has 0 aliphatic rings. The summed E-state index contributed by atoms with van der Waals surface area (Å²) in [6.07, 6.45) is -2.93. The lowest BCUT2D eigenvalue weighted by Crippen LogP contribution is -2.18. The maximum atomic E-state index is 13.4. The number of aryl methyl sites for hydroxylation is 1. The minimum Gasteiger partial charge on any atom is -0.459 e. The van der Waals surface area contributed by atoms with Gasteiger partial charge in [0, 0.05) is 12.1 Å². The number of hydrogen-bond acceptors (Lipinski definition) is 4. The molecule has 5 nitrogen and oxygen atoms in total. The standard InChI is InChI=1S/C19H15F3N2O3S/c20-19(21,22)14-10-13(23-18(26)16-2-1-8-27-16)4-5-15(14)24-17(25)6-3-12-7-9-28-11-12/h1-2,4-5,7-11H,3,6H2,(H,23,26)(H,24,25). The molecule has 2 amide bonds. The molecule has 0 unspecified atom stereocenters. The first-order chi connectivity index (χ1) is 13.3. The number of carbonyl (C=O) groups excluding carboxylic acids is 2. The van der Waals surface area contributed by atoms with Gasteiger partial charge in [-0.15, -0.1) is 0 Å². The molecule has 0 spiro atoms. The van der Waals surface area contributed by atoms with Crippen LogP contribution in [0.5, 0.6) is 0 Å². The summed E-state index contributed by atoms with van der Waals surface area (Å²) in [6.45, 7) is 0. The number of nitrogens with one attached hydrogen (secondary N) is 2. The Hall–Kier alpha value is -3.07. The third-order valence-electron chi connectivity index (χ3n) is 3.82. The number of amides is 2. The van der Waals surface area contributed by atoms with Crippen molar-refractivity contribution >= 4 is 34.5 Å². The van der Waals surface area contributed by atoms with Gasteiger partial charge in [-0.25, -0.2) is 0 Å². The van der Waals surface area contributed by atoms with Crippen LogP contribution in [-0.2, 0) is 17.4 Å². The lowest BCUT2D eigenvalue weighted by atomic mass is 10.1. The maximum Gasteiger partial charge on any atom is 0.418 e. The van der Waals surface area contributed by atoms with Crippen LogP contribution in [0.3, 0.4) is 0 Å². The predicted molar refractivity (Wildman–Crippen MR) is 99.4 cm³/mol. The van der Waals surface area contributed by atoms with Crippen molar-refractivity contribution in [2.45, 2.75) is 19.0 Å². The fraction of sp³-hybridized carbons (Fsp3) is 0.158. The number of carbonyl (C=O) groups is 2. The van der Waals surface area contributed by atoms with Crippen LogP contribution in [0.1, 0.15) is 28.1 Å². The van der Waals surface area contributed by atoms with E-state index in [9.17, 15) is 22.8 Å². The Bertz CT molecular complexity index is 951. The Kier molecular flexibility index (Phi) is 5.84. The third-order valence-corrected chi connectivity index (χ3v) is 4.55. The minimum atomic E-state index is -4.71. The van der Waals surface area contributed by atoms with E-state index in [0.717, 1.165) is 17.7 Å². The van der Waals surface area contributed by atoms with Crippen LogP contribution < -0.4 is 10.6 Å². The summed E-state index contributed by atoms with van der Waals surface area (Å²) < 4.78 is 45.2. The van der Waals surface area contributed by atoms with E-state index in [1.165, 1.54) is 35.8 Å². The van der Waals surface area contributed by atoms with E-state index in [1.54, 1.807) is 0 Å². The largest absolute Gasteiger partial charge is 0.459 e. The summed E-state index contributed by atoms with van der Waals surface area (Å²) in [4.78, 5) is 24.0. The number of alkyl halides is 3. The Morgan fingerprint density at radius 2 is 1.93 bits per heavy atom. The summed E-state index contributed by atoms with van der Waals surface area (Å²) in [5.41, 5.74) is -0.523. The van der Waals surface area contributed by atoms with Gasteiger partial charge in [-0.1, -0.05) is 0 Å². The van der Waals surface area contributed by atoms with Crippen LogP contribution >= 0.6 is 11.3 Å². The topological polar surface area (TPSA) is 71.3 Å². The molecule has 0 fully saturated rings. The second kappa shape index (κ2) is 8.30. The van der Waals surface area contributed by atoms with E-state index in [2.05, 4.69) is 10.6 Å². The molecule has 1 aromatic carbocycles. The summed E-state index contributed by atoms with van der Waals surface area (Å²) >= 11 is 1.48. The van der Waals surface area contributed by atoms with Gasteiger partial charge in [0.1, 0.15) is 0 Å². The molecule has 3 rings (SSSR count). The van der Waals surface area contributed by atoms with E-state index in [-0.39, 0.29) is 23.6 Å². The van der Waals surface area contributed by atoms with Crippen molar-refractivity contribution in [3.8, 4) is 0 Å². The highest BCUT2D eigenvalue weighted by Crippen LogP contribution is 2.36. The quantitative estimate of drug-likeness (QED) is 0.590. The molecule has 2 N–H and O–H groups in total. The van der Waals surface area contributed by atoms with Crippen molar-refractivity contribution in [3.05, 3.63) is 70.3 Å². The van der Waals surface area contributed by atoms with Gasteiger partial charge in [-0.3, -0.25) is 9.59 Å². The summed E-state index contributed by atoms with van der Waals surface area (Å²) in [6, 6.07) is 7.91. The zero-order valence-corrected chi connectivity index (χ0v) is 15.2. The van der Waals surface area contributed by atoms with Crippen LogP contribution in [0.15, 0.2) is 57.8 Å². The van der Waals surface area contributed by atoms with Gasteiger partial charge >= 0.3 is 6.18 Å². The molecule has 0 atom stereocenters. The molecule has 9 heteroatoms. The van der Waals surface area contributed by atoms with Gasteiger partial charge in [0.15, 0.2) is 5.76 Å². The highest BCUT2D eigenvalue weighted by atomic mass is 32.1. The van der Waals surface area contributed by atoms with Crippen molar-refractivity contribution < 1.29 is 27.2 Å². The van der Waals surface area contributed by atoms with E-state index in [1.807, 2.05) is 16.8 Å². The highest BCUT2D eigenvalue weighted by Gasteiger charge is 2.34. The molecule has 0 saturated carbocycles. The molecule has 3 aromatic rings. The number of anilines is 2. The molecule has 2 aromatic heterocycles. The summed E-state index contributed by atoms with van der Waals surface area (Å²) in [5, 5.41) is 8.38. The number of furan rings is 1. The Labute approximate surface area is 162 Å². The molecular weight excluding hydrogens is 393 g/mol. The molecule has 0 aliphatic heterocycles. The fourth-order valence-electron chi connectivity index (χ4n) is 2.47. The van der Waals surface area contributed by atoms with Gasteiger partial charge in [-0.2, -0.15) is 24.5 Å². The number of benzene rings is 1. The molecule has 2 heterocycles. The lowest BCUT2D eigenvalue weighted by Gasteiger charge is -2.15. The smallest absolute Gasteiger partial charge is 0.418 e. The zero-order valence-electron chi connectivity index (χ0n) is 14.4. The third kappa shape index (κ3) is 5.01. The fourth-order valence-corrected chi connectivity index (χ4v) is 3.17. The first kappa shape index (κ1) is 19.7. The second-order valence-electron chi connectivity index (χ2n) is 5.87. The number of thiophene rings is 1. The van der Waals surface area contributed by atoms with Crippen molar-refractivity contribution in [1.29, 1.82) is 0 Å². The molecule has 0 bridgehead atoms. The predicted octanol–water partition coefficient (Wildman–Crippen LogP) is 5.18. The van der Waals surface area contributed by atoms with Crippen molar-refractivity contribution in [3.63, 3.8) is 0 Å². The Balaban J connectivity index is 1.73. The van der Waals surface area contributed by atoms with E-state index in [0.29, 0.717) is 6.42 Å². The molecule has 0 radical (unpaired) electrons.